The van der Waals surface area contributed by atoms with Gasteiger partial charge in [-0.25, -0.2) is 0 Å². The minimum absolute atomic E-state index is 1.02. The van der Waals surface area contributed by atoms with E-state index in [1.807, 2.05) is 26.1 Å². The summed E-state index contributed by atoms with van der Waals surface area (Å²) in [6.07, 6.45) is 7.76. The van der Waals surface area contributed by atoms with E-state index in [1.54, 1.807) is 0 Å². The molecule has 0 spiro atoms. The van der Waals surface area contributed by atoms with E-state index >= 15 is 0 Å². The lowest BCUT2D eigenvalue weighted by Crippen LogP contribution is -2.08. The van der Waals surface area contributed by atoms with Crippen molar-refractivity contribution in [3.8, 4) is 0 Å². The molecule has 0 bridgehead atoms. The summed E-state index contributed by atoms with van der Waals surface area (Å²) in [5.74, 6) is 2.04. The Morgan fingerprint density at radius 3 is 1.75 bits per heavy atom. The summed E-state index contributed by atoms with van der Waals surface area (Å²) in [4.78, 5) is 4.08. The van der Waals surface area contributed by atoms with Gasteiger partial charge < -0.3 is 0 Å². The van der Waals surface area contributed by atoms with Crippen LogP contribution in [-0.2, 0) is 0 Å². The van der Waals surface area contributed by atoms with Crippen LogP contribution in [0.4, 0.5) is 0 Å². The molecule has 0 amide bonds. The first-order valence-corrected chi connectivity index (χ1v) is 6.47. The van der Waals surface area contributed by atoms with Crippen molar-refractivity contribution >= 4 is 0 Å². The van der Waals surface area contributed by atoms with Crippen LogP contribution in [0.2, 0.25) is 0 Å². The molecule has 1 nitrogen and oxygen atoms in total. The molecule has 0 aliphatic heterocycles. The summed E-state index contributed by atoms with van der Waals surface area (Å²) >= 11 is 0. The van der Waals surface area contributed by atoms with Crippen LogP contribution in [-0.4, -0.2) is 4.98 Å². The van der Waals surface area contributed by atoms with Crippen molar-refractivity contribution in [3.63, 3.8) is 0 Å². The summed E-state index contributed by atoms with van der Waals surface area (Å²) < 4.78 is 0. The number of aryl methyl sites for hydroxylation is 2. The smallest absolute Gasteiger partial charge is 0.0372 e. The van der Waals surface area contributed by atoms with Crippen LogP contribution >= 0.6 is 0 Å². The summed E-state index contributed by atoms with van der Waals surface area (Å²) in [6.45, 7) is 8.75. The fourth-order valence-electron chi connectivity index (χ4n) is 1.97. The lowest BCUT2D eigenvalue weighted by atomic mass is 9.84. The summed E-state index contributed by atoms with van der Waals surface area (Å²) in [7, 11) is 0. The molecule has 0 radical (unpaired) electrons. The third-order valence-corrected chi connectivity index (χ3v) is 3.36. The quantitative estimate of drug-likeness (QED) is 0.624. The molecule has 1 aromatic heterocycles. The predicted molar refractivity (Wildman–Crippen MR) is 70.5 cm³/mol. The number of rotatable bonds is 0. The van der Waals surface area contributed by atoms with Crippen LogP contribution < -0.4 is 0 Å². The van der Waals surface area contributed by atoms with Gasteiger partial charge in [0, 0.05) is 11.9 Å². The first-order chi connectivity index (χ1) is 7.58. The zero-order valence-electron chi connectivity index (χ0n) is 11.2. The number of aromatic nitrogens is 1. The van der Waals surface area contributed by atoms with Gasteiger partial charge in [0.2, 0.25) is 0 Å². The van der Waals surface area contributed by atoms with E-state index in [1.165, 1.54) is 31.2 Å². The first-order valence-electron chi connectivity index (χ1n) is 6.47. The Balaban J connectivity index is 0.000000160. The molecule has 1 heterocycles. The van der Waals surface area contributed by atoms with Gasteiger partial charge in [0.05, 0.1) is 0 Å². The van der Waals surface area contributed by atoms with Crippen LogP contribution in [0.5, 0.6) is 0 Å². The van der Waals surface area contributed by atoms with E-state index in [0.717, 1.165) is 17.5 Å². The van der Waals surface area contributed by atoms with E-state index in [4.69, 9.17) is 0 Å². The fourth-order valence-corrected chi connectivity index (χ4v) is 1.97. The van der Waals surface area contributed by atoms with Gasteiger partial charge >= 0.3 is 0 Å². The second-order valence-corrected chi connectivity index (χ2v) is 5.34. The maximum atomic E-state index is 4.08. The minimum atomic E-state index is 1.02. The van der Waals surface area contributed by atoms with Crippen LogP contribution in [0, 0.1) is 25.7 Å². The number of hydrogen-bond acceptors (Lipinski definition) is 1. The van der Waals surface area contributed by atoms with Crippen molar-refractivity contribution in [1.29, 1.82) is 0 Å². The zero-order chi connectivity index (χ0) is 12.0. The van der Waals surface area contributed by atoms with Crippen LogP contribution in [0.25, 0.3) is 0 Å². The molecule has 0 saturated heterocycles. The highest BCUT2D eigenvalue weighted by Crippen LogP contribution is 2.27. The van der Waals surface area contributed by atoms with Gasteiger partial charge in [0.1, 0.15) is 0 Å². The Labute approximate surface area is 100 Å². The number of hydrogen-bond donors (Lipinski definition) is 0. The normalized spacial score (nSPS) is 24.5. The van der Waals surface area contributed by atoms with Gasteiger partial charge in [0.15, 0.2) is 0 Å². The third-order valence-electron chi connectivity index (χ3n) is 3.36. The third kappa shape index (κ3) is 5.29. The number of nitrogens with zero attached hydrogens (tertiary/aromatic N) is 1. The average Bonchev–Trinajstić information content (AvgIpc) is 2.28. The van der Waals surface area contributed by atoms with Crippen molar-refractivity contribution < 1.29 is 0 Å². The highest BCUT2D eigenvalue weighted by atomic mass is 14.6. The van der Waals surface area contributed by atoms with E-state index in [0.29, 0.717) is 0 Å². The van der Waals surface area contributed by atoms with Crippen molar-refractivity contribution in [1.82, 2.24) is 4.98 Å². The van der Waals surface area contributed by atoms with Gasteiger partial charge in [-0.05, 0) is 37.3 Å². The van der Waals surface area contributed by atoms with Gasteiger partial charge in [0.25, 0.3) is 0 Å². The van der Waals surface area contributed by atoms with Crippen LogP contribution in [0.15, 0.2) is 18.3 Å². The molecule has 1 heteroatoms. The SMILES string of the molecule is CC1CCC(C)CC1.Cc1ccc(C)nc1. The maximum Gasteiger partial charge on any atom is 0.0372 e. The standard InChI is InChI=1S/C8H16.C7H9N/c1-7-3-5-8(2)6-4-7;1-6-3-4-7(2)8-5-6/h7-8H,3-6H2,1-2H3;3-5H,1-2H3. The molecule has 0 N–H and O–H groups in total. The Hall–Kier alpha value is -0.850. The van der Waals surface area contributed by atoms with E-state index < -0.39 is 0 Å². The maximum absolute atomic E-state index is 4.08. The molecule has 1 fully saturated rings. The minimum Gasteiger partial charge on any atom is -0.261 e. The predicted octanol–water partition coefficient (Wildman–Crippen LogP) is 4.53. The Morgan fingerprint density at radius 1 is 0.938 bits per heavy atom. The van der Waals surface area contributed by atoms with Gasteiger partial charge in [-0.15, -0.1) is 0 Å². The molecule has 0 atom stereocenters. The van der Waals surface area contributed by atoms with E-state index in [2.05, 4.69) is 24.9 Å². The second kappa shape index (κ2) is 6.67. The molecule has 16 heavy (non-hydrogen) atoms. The largest absolute Gasteiger partial charge is 0.261 e. The summed E-state index contributed by atoms with van der Waals surface area (Å²) in [6, 6.07) is 4.07. The lowest BCUT2D eigenvalue weighted by Gasteiger charge is -2.22. The molecular weight excluding hydrogens is 194 g/mol. The molecule has 2 rings (SSSR count). The molecular formula is C15H25N. The highest BCUT2D eigenvalue weighted by Gasteiger charge is 2.13. The van der Waals surface area contributed by atoms with Crippen molar-refractivity contribution in [3.05, 3.63) is 29.6 Å². The van der Waals surface area contributed by atoms with Crippen molar-refractivity contribution in [2.45, 2.75) is 53.4 Å². The van der Waals surface area contributed by atoms with E-state index in [-0.39, 0.29) is 0 Å². The molecule has 0 unspecified atom stereocenters. The zero-order valence-corrected chi connectivity index (χ0v) is 11.2. The van der Waals surface area contributed by atoms with Gasteiger partial charge in [-0.2, -0.15) is 0 Å². The van der Waals surface area contributed by atoms with Gasteiger partial charge in [-0.1, -0.05) is 45.6 Å². The second-order valence-electron chi connectivity index (χ2n) is 5.34. The molecule has 90 valence electrons. The first kappa shape index (κ1) is 13.2. The monoisotopic (exact) mass is 219 g/mol. The van der Waals surface area contributed by atoms with Gasteiger partial charge in [-0.3, -0.25) is 4.98 Å². The summed E-state index contributed by atoms with van der Waals surface area (Å²) in [5, 5.41) is 0. The Bertz CT molecular complexity index is 250. The van der Waals surface area contributed by atoms with Crippen molar-refractivity contribution in [2.24, 2.45) is 11.8 Å². The van der Waals surface area contributed by atoms with Crippen molar-refractivity contribution in [2.75, 3.05) is 0 Å². The molecule has 1 saturated carbocycles. The fraction of sp³-hybridized carbons (Fsp3) is 0.667. The Morgan fingerprint density at radius 2 is 1.44 bits per heavy atom. The lowest BCUT2D eigenvalue weighted by molar-refractivity contribution is 0.308. The van der Waals surface area contributed by atoms with E-state index in [9.17, 15) is 0 Å². The average molecular weight is 219 g/mol. The molecule has 1 aromatic rings. The highest BCUT2D eigenvalue weighted by molar-refractivity contribution is 5.10. The summed E-state index contributed by atoms with van der Waals surface area (Å²) in [5.41, 5.74) is 2.30. The molecule has 1 aliphatic rings. The topological polar surface area (TPSA) is 12.9 Å². The molecule has 1 aliphatic carbocycles. The Kier molecular flexibility index (Phi) is 5.51. The van der Waals surface area contributed by atoms with Crippen LogP contribution in [0.3, 0.4) is 0 Å². The number of pyridine rings is 1. The molecule has 0 aromatic carbocycles. The van der Waals surface area contributed by atoms with Crippen LogP contribution in [0.1, 0.15) is 50.8 Å².